The molecule has 1 saturated heterocycles. The molecule has 1 N–H and O–H groups in total. The molecule has 1 fully saturated rings. The van der Waals surface area contributed by atoms with Crippen molar-refractivity contribution in [1.29, 1.82) is 10.5 Å². The Hall–Kier alpha value is -4.23. The minimum atomic E-state index is -4.88. The summed E-state index contributed by atoms with van der Waals surface area (Å²) in [6.45, 7) is 2.09. The van der Waals surface area contributed by atoms with Crippen LogP contribution in [-0.2, 0) is 20.5 Å². The van der Waals surface area contributed by atoms with Crippen LogP contribution in [0.5, 0.6) is 5.75 Å². The largest absolute Gasteiger partial charge is 0.487 e. The highest BCUT2D eigenvalue weighted by atomic mass is 19.4. The number of carbonyl (C=O) groups is 2. The molecular weight excluding hydrogens is 493 g/mol. The summed E-state index contributed by atoms with van der Waals surface area (Å²) in [6.07, 6.45) is -1.70. The lowest BCUT2D eigenvalue weighted by molar-refractivity contribution is -0.172. The van der Waals surface area contributed by atoms with Crippen molar-refractivity contribution in [3.63, 3.8) is 0 Å². The summed E-state index contributed by atoms with van der Waals surface area (Å²) in [6, 6.07) is 6.61. The summed E-state index contributed by atoms with van der Waals surface area (Å²) in [5, 5.41) is 20.1. The third-order valence-electron chi connectivity index (χ3n) is 5.78. The molecule has 1 amide bonds. The number of amides is 1. The number of halogens is 3. The van der Waals surface area contributed by atoms with E-state index in [1.807, 2.05) is 18.0 Å². The molecule has 0 radical (unpaired) electrons. The SMILES string of the molecule is CN1CCC(C(=O)O[C@@](C)(COc2ccc(C#N)nc2)C(=O)Nc2cnc(C#N)c(C(F)(F)F)c2)CC1. The van der Waals surface area contributed by atoms with Crippen molar-refractivity contribution in [3.05, 3.63) is 47.5 Å². The van der Waals surface area contributed by atoms with Crippen LogP contribution in [0, 0.1) is 28.6 Å². The molecule has 194 valence electrons. The number of hydrogen-bond donors (Lipinski definition) is 1. The molecule has 3 rings (SSSR count). The van der Waals surface area contributed by atoms with E-state index in [1.165, 1.54) is 31.3 Å². The minimum absolute atomic E-state index is 0.135. The first-order valence-electron chi connectivity index (χ1n) is 11.1. The molecule has 3 heterocycles. The maximum absolute atomic E-state index is 13.3. The van der Waals surface area contributed by atoms with Crippen molar-refractivity contribution in [2.75, 3.05) is 32.1 Å². The molecule has 0 unspecified atom stereocenters. The van der Waals surface area contributed by atoms with Crippen molar-refractivity contribution in [1.82, 2.24) is 14.9 Å². The Balaban J connectivity index is 1.84. The van der Waals surface area contributed by atoms with Gasteiger partial charge in [0, 0.05) is 0 Å². The van der Waals surface area contributed by atoms with Crippen LogP contribution in [-0.4, -0.2) is 59.1 Å². The number of piperidine rings is 1. The molecule has 13 heteroatoms. The highest BCUT2D eigenvalue weighted by molar-refractivity contribution is 5.98. The number of nitrogens with one attached hydrogen (secondary N) is 1. The van der Waals surface area contributed by atoms with E-state index in [0.717, 1.165) is 6.20 Å². The van der Waals surface area contributed by atoms with Gasteiger partial charge in [0.05, 0.1) is 29.6 Å². The normalized spacial score (nSPS) is 16.1. The number of esters is 1. The molecular formula is C24H23F3N6O4. The van der Waals surface area contributed by atoms with Crippen molar-refractivity contribution < 1.29 is 32.2 Å². The van der Waals surface area contributed by atoms with Gasteiger partial charge in [-0.25, -0.2) is 9.97 Å². The van der Waals surface area contributed by atoms with E-state index in [-0.39, 0.29) is 17.1 Å². The topological polar surface area (TPSA) is 141 Å². The molecule has 0 saturated carbocycles. The third-order valence-corrected chi connectivity index (χ3v) is 5.78. The standard InChI is InChI=1S/C24H23F3N6O4/c1-23(14-36-18-4-3-16(10-28)30-13-18,37-21(34)15-5-7-33(2)8-6-15)22(35)32-17-9-19(24(25,26)27)20(11-29)31-12-17/h3-4,9,12-13,15H,5-8,14H2,1-2H3,(H,32,35)/t23-/m0/s1. The van der Waals surface area contributed by atoms with Gasteiger partial charge in [0.1, 0.15) is 30.2 Å². The minimum Gasteiger partial charge on any atom is -0.487 e. The molecule has 1 aliphatic heterocycles. The van der Waals surface area contributed by atoms with E-state index in [2.05, 4.69) is 15.3 Å². The summed E-state index contributed by atoms with van der Waals surface area (Å²) in [4.78, 5) is 35.5. The third kappa shape index (κ3) is 6.92. The highest BCUT2D eigenvalue weighted by Crippen LogP contribution is 2.33. The Bertz CT molecular complexity index is 1230. The molecule has 0 spiro atoms. The molecule has 1 atom stereocenters. The Morgan fingerprint density at radius 2 is 1.86 bits per heavy atom. The van der Waals surface area contributed by atoms with Gasteiger partial charge in [0.15, 0.2) is 5.69 Å². The zero-order chi connectivity index (χ0) is 27.2. The number of hydrogen-bond acceptors (Lipinski definition) is 9. The van der Waals surface area contributed by atoms with Crippen LogP contribution >= 0.6 is 0 Å². The number of carbonyl (C=O) groups excluding carboxylic acids is 2. The molecule has 10 nitrogen and oxygen atoms in total. The highest BCUT2D eigenvalue weighted by Gasteiger charge is 2.42. The van der Waals surface area contributed by atoms with Gasteiger partial charge in [-0.2, -0.15) is 23.7 Å². The number of pyridine rings is 2. The predicted octanol–water partition coefficient (Wildman–Crippen LogP) is 2.90. The average Bonchev–Trinajstić information content (AvgIpc) is 2.87. The van der Waals surface area contributed by atoms with E-state index >= 15 is 0 Å². The fraction of sp³-hybridized carbons (Fsp3) is 0.417. The van der Waals surface area contributed by atoms with Crippen LogP contribution in [0.15, 0.2) is 30.6 Å². The molecule has 2 aromatic heterocycles. The van der Waals surface area contributed by atoms with Crippen LogP contribution in [0.3, 0.4) is 0 Å². The first-order chi connectivity index (χ1) is 17.4. The second-order valence-corrected chi connectivity index (χ2v) is 8.69. The molecule has 1 aliphatic rings. The summed E-state index contributed by atoms with van der Waals surface area (Å²) in [5.41, 5.74) is -4.34. The van der Waals surface area contributed by atoms with Gasteiger partial charge in [-0.3, -0.25) is 9.59 Å². The Morgan fingerprint density at radius 1 is 1.16 bits per heavy atom. The fourth-order valence-corrected chi connectivity index (χ4v) is 3.55. The lowest BCUT2D eigenvalue weighted by Gasteiger charge is -2.32. The van der Waals surface area contributed by atoms with Crippen LogP contribution < -0.4 is 10.1 Å². The zero-order valence-electron chi connectivity index (χ0n) is 20.0. The number of aromatic nitrogens is 2. The number of nitrogens with zero attached hydrogens (tertiary/aromatic N) is 5. The van der Waals surface area contributed by atoms with E-state index in [1.54, 1.807) is 0 Å². The number of alkyl halides is 3. The Morgan fingerprint density at radius 3 is 2.43 bits per heavy atom. The second-order valence-electron chi connectivity index (χ2n) is 8.69. The maximum Gasteiger partial charge on any atom is 0.419 e. The van der Waals surface area contributed by atoms with Gasteiger partial charge in [-0.15, -0.1) is 0 Å². The lowest BCUT2D eigenvalue weighted by atomic mass is 9.96. The summed E-state index contributed by atoms with van der Waals surface area (Å²) in [7, 11) is 1.92. The molecule has 0 bridgehead atoms. The quantitative estimate of drug-likeness (QED) is 0.550. The number of rotatable bonds is 7. The smallest absolute Gasteiger partial charge is 0.419 e. The first-order valence-corrected chi connectivity index (χ1v) is 11.1. The van der Waals surface area contributed by atoms with Gasteiger partial charge in [-0.05, 0) is 58.1 Å². The monoisotopic (exact) mass is 516 g/mol. The van der Waals surface area contributed by atoms with E-state index < -0.39 is 47.4 Å². The Kier molecular flexibility index (Phi) is 8.30. The molecule has 0 aromatic carbocycles. The predicted molar refractivity (Wildman–Crippen MR) is 122 cm³/mol. The molecule has 2 aromatic rings. The van der Waals surface area contributed by atoms with Crippen molar-refractivity contribution in [3.8, 4) is 17.9 Å². The maximum atomic E-state index is 13.3. The van der Waals surface area contributed by atoms with Crippen LogP contribution in [0.4, 0.5) is 18.9 Å². The van der Waals surface area contributed by atoms with Crippen molar-refractivity contribution in [2.24, 2.45) is 5.92 Å². The average molecular weight is 516 g/mol. The second kappa shape index (κ2) is 11.2. The summed E-state index contributed by atoms with van der Waals surface area (Å²) >= 11 is 0. The van der Waals surface area contributed by atoms with Crippen molar-refractivity contribution >= 4 is 17.6 Å². The Labute approximate surface area is 210 Å². The van der Waals surface area contributed by atoms with Crippen LogP contribution in [0.25, 0.3) is 0 Å². The van der Waals surface area contributed by atoms with E-state index in [9.17, 15) is 22.8 Å². The zero-order valence-corrected chi connectivity index (χ0v) is 20.0. The van der Waals surface area contributed by atoms with Crippen LogP contribution in [0.1, 0.15) is 36.7 Å². The molecule has 0 aliphatic carbocycles. The van der Waals surface area contributed by atoms with Gasteiger partial charge < -0.3 is 19.7 Å². The van der Waals surface area contributed by atoms with Gasteiger partial charge in [0.25, 0.3) is 5.91 Å². The van der Waals surface area contributed by atoms with Gasteiger partial charge >= 0.3 is 12.1 Å². The van der Waals surface area contributed by atoms with Crippen molar-refractivity contribution in [2.45, 2.75) is 31.5 Å². The summed E-state index contributed by atoms with van der Waals surface area (Å²) in [5.74, 6) is -1.89. The number of anilines is 1. The number of nitriles is 2. The van der Waals surface area contributed by atoms with E-state index in [4.69, 9.17) is 20.0 Å². The van der Waals surface area contributed by atoms with Crippen LogP contribution in [0.2, 0.25) is 0 Å². The van der Waals surface area contributed by atoms with E-state index in [0.29, 0.717) is 32.0 Å². The van der Waals surface area contributed by atoms with Gasteiger partial charge in [0.2, 0.25) is 5.60 Å². The number of likely N-dealkylation sites (tertiary alicyclic amines) is 1. The van der Waals surface area contributed by atoms with Gasteiger partial charge in [-0.1, -0.05) is 0 Å². The number of ether oxygens (including phenoxy) is 2. The molecule has 37 heavy (non-hydrogen) atoms. The lowest BCUT2D eigenvalue weighted by Crippen LogP contribution is -2.50. The fourth-order valence-electron chi connectivity index (χ4n) is 3.55. The summed E-state index contributed by atoms with van der Waals surface area (Å²) < 4.78 is 51.2. The first kappa shape index (κ1) is 27.4.